The van der Waals surface area contributed by atoms with Crippen LogP contribution in [0.25, 0.3) is 0 Å². The molecule has 1 rings (SSSR count). The average Bonchev–Trinajstić information content (AvgIpc) is 2.00. The highest BCUT2D eigenvalue weighted by Crippen LogP contribution is 2.36. The molecule has 1 aromatic rings. The lowest BCUT2D eigenvalue weighted by atomic mass is 10.1. The smallest absolute Gasteiger partial charge is 0.398 e. The molecule has 82 valence electrons. The predicted molar refractivity (Wildman–Crippen MR) is 52.1 cm³/mol. The molecule has 0 aliphatic heterocycles. The Morgan fingerprint density at radius 1 is 1.33 bits per heavy atom. The minimum atomic E-state index is -4.56. The van der Waals surface area contributed by atoms with E-state index in [-0.39, 0.29) is 15.7 Å². The maximum Gasteiger partial charge on any atom is 0.417 e. The molecule has 0 aliphatic carbocycles. The number of halogens is 4. The normalized spacial score (nSPS) is 11.5. The third kappa shape index (κ3) is 2.41. The molecule has 4 N–H and O–H groups in total. The van der Waals surface area contributed by atoms with Gasteiger partial charge in [-0.2, -0.15) is 13.2 Å². The van der Waals surface area contributed by atoms with Crippen molar-refractivity contribution in [1.29, 1.82) is 0 Å². The van der Waals surface area contributed by atoms with Gasteiger partial charge in [-0.25, -0.2) is 0 Å². The Kier molecular flexibility index (Phi) is 2.94. The van der Waals surface area contributed by atoms with Crippen molar-refractivity contribution in [1.82, 2.24) is 0 Å². The SMILES string of the molecule is NC(=O)c1cc(C(F)(F)F)c(Br)cc1N. The number of hydrogen-bond acceptors (Lipinski definition) is 2. The zero-order valence-electron chi connectivity index (χ0n) is 7.23. The van der Waals surface area contributed by atoms with Gasteiger partial charge in [-0.05, 0) is 12.1 Å². The molecule has 0 bridgehead atoms. The molecule has 1 aromatic carbocycles. The molecule has 1 amide bonds. The number of rotatable bonds is 1. The first-order valence-corrected chi connectivity index (χ1v) is 4.49. The Balaban J connectivity index is 3.43. The van der Waals surface area contributed by atoms with E-state index in [9.17, 15) is 18.0 Å². The molecule has 15 heavy (non-hydrogen) atoms. The number of hydrogen-bond donors (Lipinski definition) is 2. The van der Waals surface area contributed by atoms with Gasteiger partial charge in [0.15, 0.2) is 0 Å². The molecule has 0 fully saturated rings. The van der Waals surface area contributed by atoms with E-state index in [0.29, 0.717) is 6.07 Å². The van der Waals surface area contributed by atoms with Gasteiger partial charge in [-0.3, -0.25) is 4.79 Å². The maximum absolute atomic E-state index is 12.4. The second kappa shape index (κ2) is 3.73. The van der Waals surface area contributed by atoms with Crippen molar-refractivity contribution >= 4 is 27.5 Å². The summed E-state index contributed by atoms with van der Waals surface area (Å²) in [5.74, 6) is -0.995. The van der Waals surface area contributed by atoms with Crippen molar-refractivity contribution in [3.05, 3.63) is 27.7 Å². The standard InChI is InChI=1S/C8H6BrF3N2O/c9-5-2-6(13)3(7(14)15)1-4(5)8(10,11)12/h1-2H,13H2,(H2,14,15). The van der Waals surface area contributed by atoms with E-state index < -0.39 is 17.6 Å². The third-order valence-electron chi connectivity index (χ3n) is 1.71. The summed E-state index contributed by atoms with van der Waals surface area (Å²) in [6.45, 7) is 0. The quantitative estimate of drug-likeness (QED) is 0.775. The molecule has 7 heteroatoms. The molecular weight excluding hydrogens is 277 g/mol. The monoisotopic (exact) mass is 282 g/mol. The van der Waals surface area contributed by atoms with Crippen LogP contribution in [-0.4, -0.2) is 5.91 Å². The Labute approximate surface area is 91.4 Å². The van der Waals surface area contributed by atoms with Gasteiger partial charge in [-0.15, -0.1) is 0 Å². The Bertz CT molecular complexity index is 417. The summed E-state index contributed by atoms with van der Waals surface area (Å²) in [6.07, 6.45) is -4.56. The van der Waals surface area contributed by atoms with Crippen LogP contribution in [0, 0.1) is 0 Å². The van der Waals surface area contributed by atoms with Crippen molar-refractivity contribution < 1.29 is 18.0 Å². The van der Waals surface area contributed by atoms with Gasteiger partial charge < -0.3 is 11.5 Å². The van der Waals surface area contributed by atoms with Crippen LogP contribution in [0.5, 0.6) is 0 Å². The van der Waals surface area contributed by atoms with E-state index in [4.69, 9.17) is 11.5 Å². The zero-order valence-corrected chi connectivity index (χ0v) is 8.82. The third-order valence-corrected chi connectivity index (χ3v) is 2.37. The number of anilines is 1. The van der Waals surface area contributed by atoms with Crippen LogP contribution < -0.4 is 11.5 Å². The highest BCUT2D eigenvalue weighted by molar-refractivity contribution is 9.10. The maximum atomic E-state index is 12.4. The molecule has 0 unspecified atom stereocenters. The molecule has 0 aliphatic rings. The summed E-state index contributed by atoms with van der Waals surface area (Å²) in [5, 5.41) is 0. The first-order valence-electron chi connectivity index (χ1n) is 3.69. The number of nitrogens with two attached hydrogens (primary N) is 2. The summed E-state index contributed by atoms with van der Waals surface area (Å²) in [6, 6.07) is 1.63. The molecule has 0 saturated heterocycles. The molecule has 0 atom stereocenters. The summed E-state index contributed by atoms with van der Waals surface area (Å²) in [5.41, 5.74) is 8.79. The van der Waals surface area contributed by atoms with Gasteiger partial charge in [0.1, 0.15) is 0 Å². The minimum absolute atomic E-state index is 0.0950. The van der Waals surface area contributed by atoms with E-state index >= 15 is 0 Å². The fourth-order valence-electron chi connectivity index (χ4n) is 1.02. The van der Waals surface area contributed by atoms with Crippen LogP contribution in [0.15, 0.2) is 16.6 Å². The van der Waals surface area contributed by atoms with Crippen LogP contribution in [0.3, 0.4) is 0 Å². The van der Waals surface area contributed by atoms with Crippen molar-refractivity contribution in [2.75, 3.05) is 5.73 Å². The molecular formula is C8H6BrF3N2O. The van der Waals surface area contributed by atoms with Crippen LogP contribution in [-0.2, 0) is 6.18 Å². The van der Waals surface area contributed by atoms with Gasteiger partial charge in [0, 0.05) is 10.2 Å². The Morgan fingerprint density at radius 3 is 2.27 bits per heavy atom. The lowest BCUT2D eigenvalue weighted by molar-refractivity contribution is -0.138. The predicted octanol–water partition coefficient (Wildman–Crippen LogP) is 2.15. The lowest BCUT2D eigenvalue weighted by Gasteiger charge is -2.11. The molecule has 0 spiro atoms. The summed E-state index contributed by atoms with van der Waals surface area (Å²) < 4.78 is 37.0. The van der Waals surface area contributed by atoms with Crippen LogP contribution in [0.4, 0.5) is 18.9 Å². The summed E-state index contributed by atoms with van der Waals surface area (Å²) in [7, 11) is 0. The second-order valence-corrected chi connectivity index (χ2v) is 3.64. The number of carbonyl (C=O) groups excluding carboxylic acids is 1. The lowest BCUT2D eigenvalue weighted by Crippen LogP contribution is -2.16. The van der Waals surface area contributed by atoms with Gasteiger partial charge >= 0.3 is 6.18 Å². The topological polar surface area (TPSA) is 69.1 Å². The number of carbonyl (C=O) groups is 1. The van der Waals surface area contributed by atoms with E-state index in [1.807, 2.05) is 0 Å². The first-order chi connectivity index (χ1) is 6.73. The molecule has 3 nitrogen and oxygen atoms in total. The largest absolute Gasteiger partial charge is 0.417 e. The summed E-state index contributed by atoms with van der Waals surface area (Å²) in [4.78, 5) is 10.8. The van der Waals surface area contributed by atoms with Gasteiger partial charge in [0.05, 0.1) is 11.1 Å². The van der Waals surface area contributed by atoms with Crippen molar-refractivity contribution in [2.45, 2.75) is 6.18 Å². The summed E-state index contributed by atoms with van der Waals surface area (Å²) >= 11 is 2.71. The first kappa shape index (κ1) is 11.8. The van der Waals surface area contributed by atoms with E-state index in [2.05, 4.69) is 15.9 Å². The highest BCUT2D eigenvalue weighted by Gasteiger charge is 2.34. The Hall–Kier alpha value is -1.24. The fourth-order valence-corrected chi connectivity index (χ4v) is 1.61. The molecule has 0 aromatic heterocycles. The van der Waals surface area contributed by atoms with Crippen LogP contribution in [0.2, 0.25) is 0 Å². The fraction of sp³-hybridized carbons (Fsp3) is 0.125. The van der Waals surface area contributed by atoms with Crippen LogP contribution in [0.1, 0.15) is 15.9 Å². The van der Waals surface area contributed by atoms with E-state index in [1.54, 1.807) is 0 Å². The Morgan fingerprint density at radius 2 is 1.87 bits per heavy atom. The van der Waals surface area contributed by atoms with Gasteiger partial charge in [0.25, 0.3) is 5.91 Å². The van der Waals surface area contributed by atoms with E-state index in [0.717, 1.165) is 6.07 Å². The molecule has 0 saturated carbocycles. The van der Waals surface area contributed by atoms with Gasteiger partial charge in [-0.1, -0.05) is 15.9 Å². The number of nitrogen functional groups attached to an aromatic ring is 1. The van der Waals surface area contributed by atoms with Crippen molar-refractivity contribution in [3.8, 4) is 0 Å². The van der Waals surface area contributed by atoms with Crippen LogP contribution >= 0.6 is 15.9 Å². The highest BCUT2D eigenvalue weighted by atomic mass is 79.9. The van der Waals surface area contributed by atoms with E-state index in [1.165, 1.54) is 0 Å². The number of alkyl halides is 3. The van der Waals surface area contributed by atoms with Gasteiger partial charge in [0.2, 0.25) is 0 Å². The zero-order chi connectivity index (χ0) is 11.8. The minimum Gasteiger partial charge on any atom is -0.398 e. The number of benzene rings is 1. The second-order valence-electron chi connectivity index (χ2n) is 2.78. The molecule has 0 radical (unpaired) electrons. The molecule has 0 heterocycles. The van der Waals surface area contributed by atoms with Crippen molar-refractivity contribution in [2.24, 2.45) is 5.73 Å². The number of primary amides is 1. The number of amides is 1. The average molecular weight is 283 g/mol. The van der Waals surface area contributed by atoms with Crippen molar-refractivity contribution in [3.63, 3.8) is 0 Å².